The molecule has 5 rings (SSSR count). The number of aromatic nitrogens is 5. The molecule has 1 fully saturated rings. The van der Waals surface area contributed by atoms with E-state index in [4.69, 9.17) is 0 Å². The normalized spacial score (nSPS) is 17.7. The maximum Gasteiger partial charge on any atom is 0.147 e. The van der Waals surface area contributed by atoms with Gasteiger partial charge >= 0.3 is 0 Å². The van der Waals surface area contributed by atoms with Gasteiger partial charge in [-0.25, -0.2) is 0 Å². The van der Waals surface area contributed by atoms with Gasteiger partial charge in [0.1, 0.15) is 11.6 Å². The van der Waals surface area contributed by atoms with E-state index in [1.165, 1.54) is 22.5 Å². The van der Waals surface area contributed by atoms with Gasteiger partial charge < -0.3 is 9.88 Å². The third kappa shape index (κ3) is 4.08. The Morgan fingerprint density at radius 1 is 1.14 bits per heavy atom. The Kier molecular flexibility index (Phi) is 5.99. The van der Waals surface area contributed by atoms with Crippen LogP contribution in [-0.4, -0.2) is 49.5 Å². The summed E-state index contributed by atoms with van der Waals surface area (Å²) in [6.45, 7) is 8.09. The number of hydrogen-bond acceptors (Lipinski definition) is 5. The molecule has 2 aliphatic heterocycles. The Hall–Kier alpha value is -2.22. The summed E-state index contributed by atoms with van der Waals surface area (Å²) >= 11 is 0. The molecule has 1 saturated heterocycles. The molecule has 0 aliphatic carbocycles. The van der Waals surface area contributed by atoms with Crippen LogP contribution in [0.15, 0.2) is 30.5 Å². The third-order valence-electron chi connectivity index (χ3n) is 6.02. The van der Waals surface area contributed by atoms with Crippen LogP contribution in [0.1, 0.15) is 41.5 Å². The minimum absolute atomic E-state index is 0. The highest BCUT2D eigenvalue weighted by Gasteiger charge is 2.27. The van der Waals surface area contributed by atoms with Crippen molar-refractivity contribution in [3.8, 4) is 11.3 Å². The Balaban J connectivity index is 0.00000205. The number of aryl methyl sites for hydroxylation is 1. The van der Waals surface area contributed by atoms with E-state index < -0.39 is 0 Å². The van der Waals surface area contributed by atoms with E-state index in [0.29, 0.717) is 5.92 Å². The molecule has 4 heterocycles. The van der Waals surface area contributed by atoms with E-state index in [9.17, 15) is 0 Å². The number of fused-ring (bicyclic) bond motifs is 1. The van der Waals surface area contributed by atoms with Crippen molar-refractivity contribution in [1.29, 1.82) is 0 Å². The lowest BCUT2D eigenvalue weighted by Crippen LogP contribution is -2.34. The fourth-order valence-electron chi connectivity index (χ4n) is 4.49. The molecule has 0 atom stereocenters. The molecule has 0 saturated carbocycles. The van der Waals surface area contributed by atoms with Gasteiger partial charge in [0.05, 0.1) is 18.4 Å². The Morgan fingerprint density at radius 3 is 2.83 bits per heavy atom. The molecule has 0 amide bonds. The summed E-state index contributed by atoms with van der Waals surface area (Å²) in [6.07, 6.45) is 4.26. The van der Waals surface area contributed by atoms with Gasteiger partial charge in [-0.2, -0.15) is 5.10 Å². The lowest BCUT2D eigenvalue weighted by atomic mass is 9.95. The number of nitrogens with zero attached hydrogens (tertiary/aromatic N) is 5. The summed E-state index contributed by atoms with van der Waals surface area (Å²) in [6, 6.07) is 8.60. The molecule has 2 aromatic heterocycles. The van der Waals surface area contributed by atoms with Crippen LogP contribution in [0.25, 0.3) is 11.3 Å². The van der Waals surface area contributed by atoms with Crippen LogP contribution in [0, 0.1) is 6.92 Å². The molecular formula is C21H28ClN7. The van der Waals surface area contributed by atoms with Crippen LogP contribution in [0.2, 0.25) is 0 Å². The van der Waals surface area contributed by atoms with E-state index in [-0.39, 0.29) is 12.4 Å². The zero-order valence-corrected chi connectivity index (χ0v) is 17.6. The number of piperidine rings is 1. The molecule has 0 unspecified atom stereocenters. The topological polar surface area (TPSA) is 74.7 Å². The second-order valence-corrected chi connectivity index (χ2v) is 7.99. The second-order valence-electron chi connectivity index (χ2n) is 7.99. The average Bonchev–Trinajstić information content (AvgIpc) is 3.36. The first-order valence-electron chi connectivity index (χ1n) is 10.2. The predicted octanol–water partition coefficient (Wildman–Crippen LogP) is 2.88. The highest BCUT2D eigenvalue weighted by molar-refractivity contribution is 5.85. The van der Waals surface area contributed by atoms with E-state index >= 15 is 0 Å². The molecular weight excluding hydrogens is 386 g/mol. The summed E-state index contributed by atoms with van der Waals surface area (Å²) in [5.41, 5.74) is 4.90. The van der Waals surface area contributed by atoms with E-state index in [0.717, 1.165) is 63.6 Å². The maximum absolute atomic E-state index is 4.52. The van der Waals surface area contributed by atoms with Crippen molar-refractivity contribution >= 4 is 12.4 Å². The Labute approximate surface area is 177 Å². The van der Waals surface area contributed by atoms with E-state index in [2.05, 4.69) is 66.4 Å². The number of aromatic amines is 1. The zero-order valence-electron chi connectivity index (χ0n) is 16.8. The van der Waals surface area contributed by atoms with Crippen LogP contribution in [0.4, 0.5) is 0 Å². The SMILES string of the molecule is Cc1cccc(-c2[nH]ncc2CN2CCC(c3nnc4n3CCNC4)CC2)c1.Cl. The number of halogens is 1. The van der Waals surface area contributed by atoms with Crippen molar-refractivity contribution in [3.05, 3.63) is 53.2 Å². The highest BCUT2D eigenvalue weighted by Crippen LogP contribution is 2.30. The maximum atomic E-state index is 4.52. The van der Waals surface area contributed by atoms with Gasteiger partial charge in [-0.15, -0.1) is 22.6 Å². The molecule has 2 N–H and O–H groups in total. The quantitative estimate of drug-likeness (QED) is 0.687. The average molecular weight is 414 g/mol. The van der Waals surface area contributed by atoms with Crippen LogP contribution >= 0.6 is 12.4 Å². The molecule has 0 radical (unpaired) electrons. The molecule has 3 aromatic rings. The summed E-state index contributed by atoms with van der Waals surface area (Å²) in [5.74, 6) is 2.81. The fraction of sp³-hybridized carbons (Fsp3) is 0.476. The monoisotopic (exact) mass is 413 g/mol. The third-order valence-corrected chi connectivity index (χ3v) is 6.02. The number of nitrogens with one attached hydrogen (secondary N) is 2. The standard InChI is InChI=1S/C21H27N7.ClH/c1-15-3-2-4-17(11-15)20-18(12-23-25-20)14-27-8-5-16(6-9-27)21-26-24-19-13-22-7-10-28(19)21;/h2-4,11-12,16,22H,5-10,13-14H2,1H3,(H,23,25);1H. The summed E-state index contributed by atoms with van der Waals surface area (Å²) in [7, 11) is 0. The number of benzene rings is 1. The number of H-pyrrole nitrogens is 1. The zero-order chi connectivity index (χ0) is 18.9. The Bertz CT molecular complexity index is 956. The molecule has 2 aliphatic rings. The smallest absolute Gasteiger partial charge is 0.147 e. The molecule has 154 valence electrons. The lowest BCUT2D eigenvalue weighted by Gasteiger charge is -2.32. The second kappa shape index (κ2) is 8.65. The summed E-state index contributed by atoms with van der Waals surface area (Å²) < 4.78 is 2.34. The minimum Gasteiger partial charge on any atom is -0.312 e. The first kappa shape index (κ1) is 20.1. The van der Waals surface area contributed by atoms with Crippen molar-refractivity contribution in [2.45, 2.75) is 45.3 Å². The fourth-order valence-corrected chi connectivity index (χ4v) is 4.49. The van der Waals surface area contributed by atoms with Gasteiger partial charge in [0.15, 0.2) is 0 Å². The Morgan fingerprint density at radius 2 is 2.00 bits per heavy atom. The van der Waals surface area contributed by atoms with Gasteiger partial charge in [-0.1, -0.05) is 23.8 Å². The van der Waals surface area contributed by atoms with E-state index in [1.807, 2.05) is 6.20 Å². The number of rotatable bonds is 4. The first-order chi connectivity index (χ1) is 13.8. The summed E-state index contributed by atoms with van der Waals surface area (Å²) in [5, 5.41) is 19.8. The van der Waals surface area contributed by atoms with Crippen LogP contribution < -0.4 is 5.32 Å². The molecule has 8 heteroatoms. The van der Waals surface area contributed by atoms with Crippen LogP contribution in [0.3, 0.4) is 0 Å². The van der Waals surface area contributed by atoms with Gasteiger partial charge in [0.2, 0.25) is 0 Å². The van der Waals surface area contributed by atoms with Crippen molar-refractivity contribution < 1.29 is 0 Å². The molecule has 0 spiro atoms. The number of hydrogen-bond donors (Lipinski definition) is 2. The predicted molar refractivity (Wildman–Crippen MR) is 115 cm³/mol. The number of likely N-dealkylation sites (tertiary alicyclic amines) is 1. The van der Waals surface area contributed by atoms with E-state index in [1.54, 1.807) is 0 Å². The van der Waals surface area contributed by atoms with Crippen LogP contribution in [-0.2, 0) is 19.6 Å². The molecule has 29 heavy (non-hydrogen) atoms. The summed E-state index contributed by atoms with van der Waals surface area (Å²) in [4.78, 5) is 2.54. The largest absolute Gasteiger partial charge is 0.312 e. The first-order valence-corrected chi connectivity index (χ1v) is 10.2. The van der Waals surface area contributed by atoms with Gasteiger partial charge in [0, 0.05) is 36.7 Å². The molecule has 7 nitrogen and oxygen atoms in total. The minimum atomic E-state index is 0. The van der Waals surface area contributed by atoms with Crippen molar-refractivity contribution in [2.24, 2.45) is 0 Å². The van der Waals surface area contributed by atoms with Crippen molar-refractivity contribution in [1.82, 2.24) is 35.2 Å². The van der Waals surface area contributed by atoms with Crippen LogP contribution in [0.5, 0.6) is 0 Å². The van der Waals surface area contributed by atoms with Crippen molar-refractivity contribution in [2.75, 3.05) is 19.6 Å². The molecule has 1 aromatic carbocycles. The highest BCUT2D eigenvalue weighted by atomic mass is 35.5. The van der Waals surface area contributed by atoms with Gasteiger partial charge in [0.25, 0.3) is 0 Å². The van der Waals surface area contributed by atoms with Crippen molar-refractivity contribution in [3.63, 3.8) is 0 Å². The van der Waals surface area contributed by atoms with Gasteiger partial charge in [-0.3, -0.25) is 10.00 Å². The molecule has 0 bridgehead atoms. The lowest BCUT2D eigenvalue weighted by molar-refractivity contribution is 0.199. The van der Waals surface area contributed by atoms with Gasteiger partial charge in [-0.05, 0) is 38.9 Å².